The highest BCUT2D eigenvalue weighted by atomic mass is 16.5. The molecule has 5 rings (SSSR count). The van der Waals surface area contributed by atoms with Gasteiger partial charge in [-0.2, -0.15) is 5.10 Å². The maximum atomic E-state index is 5.54. The standard InChI is InChI=1S/C24H25N5O2/c1-28-15-17(12-26-28)22-13-25-20-8-6-18(10-21(20)27-22)29(14-16-4-5-16)19-7-9-23(30-2)24(11-19)31-3/h6-13,15-16H,4-5,14H2,1-3H3. The Balaban J connectivity index is 1.56. The number of ether oxygens (including phenoxy) is 2. The first-order chi connectivity index (χ1) is 15.1. The van der Waals surface area contributed by atoms with Crippen molar-refractivity contribution in [3.8, 4) is 22.8 Å². The third-order valence-corrected chi connectivity index (χ3v) is 5.65. The van der Waals surface area contributed by atoms with Crippen LogP contribution in [0.4, 0.5) is 11.4 Å². The third-order valence-electron chi connectivity index (χ3n) is 5.65. The van der Waals surface area contributed by atoms with Crippen LogP contribution in [0.2, 0.25) is 0 Å². The summed E-state index contributed by atoms with van der Waals surface area (Å²) in [6, 6.07) is 12.3. The molecule has 1 aliphatic carbocycles. The van der Waals surface area contributed by atoms with E-state index in [-0.39, 0.29) is 0 Å². The summed E-state index contributed by atoms with van der Waals surface area (Å²) in [7, 11) is 5.22. The molecule has 0 amide bonds. The maximum Gasteiger partial charge on any atom is 0.162 e. The average molecular weight is 415 g/mol. The van der Waals surface area contributed by atoms with E-state index in [0.29, 0.717) is 5.92 Å². The van der Waals surface area contributed by atoms with Gasteiger partial charge in [0, 0.05) is 42.8 Å². The second kappa shape index (κ2) is 7.91. The second-order valence-electron chi connectivity index (χ2n) is 7.92. The van der Waals surface area contributed by atoms with Gasteiger partial charge in [0.1, 0.15) is 0 Å². The van der Waals surface area contributed by atoms with Crippen molar-refractivity contribution in [1.29, 1.82) is 0 Å². The van der Waals surface area contributed by atoms with Gasteiger partial charge in [-0.25, -0.2) is 4.98 Å². The molecule has 31 heavy (non-hydrogen) atoms. The highest BCUT2D eigenvalue weighted by Crippen LogP contribution is 2.39. The lowest BCUT2D eigenvalue weighted by Crippen LogP contribution is -2.20. The van der Waals surface area contributed by atoms with Crippen LogP contribution in [-0.2, 0) is 7.05 Å². The van der Waals surface area contributed by atoms with Crippen LogP contribution in [0, 0.1) is 5.92 Å². The van der Waals surface area contributed by atoms with Crippen molar-refractivity contribution in [2.24, 2.45) is 13.0 Å². The minimum absolute atomic E-state index is 0.705. The Morgan fingerprint density at radius 3 is 2.45 bits per heavy atom. The minimum atomic E-state index is 0.705. The number of anilines is 2. The van der Waals surface area contributed by atoms with E-state index in [0.717, 1.165) is 51.7 Å². The summed E-state index contributed by atoms with van der Waals surface area (Å²) in [4.78, 5) is 11.8. The molecule has 7 nitrogen and oxygen atoms in total. The minimum Gasteiger partial charge on any atom is -0.493 e. The molecule has 158 valence electrons. The number of methoxy groups -OCH3 is 2. The summed E-state index contributed by atoms with van der Waals surface area (Å²) in [5, 5.41) is 4.25. The lowest BCUT2D eigenvalue weighted by Gasteiger charge is -2.26. The van der Waals surface area contributed by atoms with E-state index < -0.39 is 0 Å². The van der Waals surface area contributed by atoms with Crippen molar-refractivity contribution in [2.45, 2.75) is 12.8 Å². The van der Waals surface area contributed by atoms with Gasteiger partial charge < -0.3 is 14.4 Å². The van der Waals surface area contributed by atoms with Crippen LogP contribution in [0.1, 0.15) is 12.8 Å². The topological polar surface area (TPSA) is 65.3 Å². The summed E-state index contributed by atoms with van der Waals surface area (Å²) in [5.41, 5.74) is 5.66. The van der Waals surface area contributed by atoms with Crippen LogP contribution in [0.25, 0.3) is 22.3 Å². The fraction of sp³-hybridized carbons (Fsp3) is 0.292. The Kier molecular flexibility index (Phi) is 4.94. The zero-order valence-corrected chi connectivity index (χ0v) is 17.9. The molecule has 2 heterocycles. The number of fused-ring (bicyclic) bond motifs is 1. The maximum absolute atomic E-state index is 5.54. The molecule has 7 heteroatoms. The van der Waals surface area contributed by atoms with Crippen molar-refractivity contribution in [3.63, 3.8) is 0 Å². The van der Waals surface area contributed by atoms with E-state index in [2.05, 4.69) is 33.2 Å². The molecule has 2 aromatic carbocycles. The third kappa shape index (κ3) is 3.91. The highest BCUT2D eigenvalue weighted by Gasteiger charge is 2.26. The van der Waals surface area contributed by atoms with Gasteiger partial charge in [0.2, 0.25) is 0 Å². The molecule has 2 aromatic heterocycles. The first-order valence-electron chi connectivity index (χ1n) is 10.4. The van der Waals surface area contributed by atoms with Gasteiger partial charge in [-0.3, -0.25) is 9.67 Å². The van der Waals surface area contributed by atoms with Gasteiger partial charge >= 0.3 is 0 Å². The van der Waals surface area contributed by atoms with Crippen LogP contribution in [0.5, 0.6) is 11.5 Å². The van der Waals surface area contributed by atoms with Gasteiger partial charge in [0.25, 0.3) is 0 Å². The lowest BCUT2D eigenvalue weighted by atomic mass is 10.1. The normalized spacial score (nSPS) is 13.4. The number of hydrogen-bond acceptors (Lipinski definition) is 6. The SMILES string of the molecule is COc1ccc(N(CC2CC2)c2ccc3ncc(-c4cnn(C)c4)nc3c2)cc1OC. The van der Waals surface area contributed by atoms with Gasteiger partial charge in [-0.05, 0) is 49.1 Å². The number of rotatable bonds is 7. The molecular formula is C24H25N5O2. The van der Waals surface area contributed by atoms with E-state index in [4.69, 9.17) is 14.5 Å². The molecule has 4 aromatic rings. The number of aryl methyl sites for hydroxylation is 1. The summed E-state index contributed by atoms with van der Waals surface area (Å²) in [6.45, 7) is 0.955. The predicted molar refractivity (Wildman–Crippen MR) is 121 cm³/mol. The monoisotopic (exact) mass is 415 g/mol. The van der Waals surface area contributed by atoms with Crippen LogP contribution in [0.15, 0.2) is 55.0 Å². The van der Waals surface area contributed by atoms with Gasteiger partial charge in [0.05, 0.1) is 43.3 Å². The van der Waals surface area contributed by atoms with Crippen molar-refractivity contribution < 1.29 is 9.47 Å². The molecule has 0 radical (unpaired) electrons. The Morgan fingerprint density at radius 2 is 1.74 bits per heavy atom. The van der Waals surface area contributed by atoms with E-state index in [1.54, 1.807) is 25.1 Å². The molecule has 1 aliphatic rings. The fourth-order valence-electron chi connectivity index (χ4n) is 3.77. The van der Waals surface area contributed by atoms with Crippen molar-refractivity contribution in [1.82, 2.24) is 19.7 Å². The smallest absolute Gasteiger partial charge is 0.162 e. The Labute approximate surface area is 181 Å². The zero-order valence-electron chi connectivity index (χ0n) is 17.9. The van der Waals surface area contributed by atoms with Crippen molar-refractivity contribution in [2.75, 3.05) is 25.7 Å². The van der Waals surface area contributed by atoms with Gasteiger partial charge in [0.15, 0.2) is 11.5 Å². The van der Waals surface area contributed by atoms with Crippen LogP contribution >= 0.6 is 0 Å². The molecule has 0 N–H and O–H groups in total. The Hall–Kier alpha value is -3.61. The van der Waals surface area contributed by atoms with E-state index >= 15 is 0 Å². The summed E-state index contributed by atoms with van der Waals surface area (Å²) in [6.07, 6.45) is 8.09. The average Bonchev–Trinajstić information content (AvgIpc) is 3.53. The Morgan fingerprint density at radius 1 is 0.968 bits per heavy atom. The molecule has 0 atom stereocenters. The van der Waals surface area contributed by atoms with E-state index in [9.17, 15) is 0 Å². The molecule has 0 spiro atoms. The number of hydrogen-bond donors (Lipinski definition) is 0. The lowest BCUT2D eigenvalue weighted by molar-refractivity contribution is 0.355. The molecule has 0 unspecified atom stereocenters. The van der Waals surface area contributed by atoms with Crippen LogP contribution in [-0.4, -0.2) is 40.5 Å². The summed E-state index contributed by atoms with van der Waals surface area (Å²) < 4.78 is 12.7. The van der Waals surface area contributed by atoms with Crippen molar-refractivity contribution in [3.05, 3.63) is 55.0 Å². The van der Waals surface area contributed by atoms with Gasteiger partial charge in [-0.15, -0.1) is 0 Å². The summed E-state index contributed by atoms with van der Waals surface area (Å²) >= 11 is 0. The fourth-order valence-corrected chi connectivity index (χ4v) is 3.77. The van der Waals surface area contributed by atoms with E-state index in [1.807, 2.05) is 37.6 Å². The molecule has 1 saturated carbocycles. The van der Waals surface area contributed by atoms with Crippen molar-refractivity contribution >= 4 is 22.4 Å². The first kappa shape index (κ1) is 19.4. The molecule has 0 bridgehead atoms. The van der Waals surface area contributed by atoms with Crippen LogP contribution < -0.4 is 14.4 Å². The second-order valence-corrected chi connectivity index (χ2v) is 7.92. The Bertz CT molecular complexity index is 1230. The van der Waals surface area contributed by atoms with E-state index in [1.165, 1.54) is 12.8 Å². The van der Waals surface area contributed by atoms with Crippen LogP contribution in [0.3, 0.4) is 0 Å². The molecule has 1 fully saturated rings. The number of benzene rings is 2. The van der Waals surface area contributed by atoms with Gasteiger partial charge in [-0.1, -0.05) is 0 Å². The molecule has 0 saturated heterocycles. The quantitative estimate of drug-likeness (QED) is 0.440. The number of aromatic nitrogens is 4. The largest absolute Gasteiger partial charge is 0.493 e. The predicted octanol–water partition coefficient (Wildman–Crippen LogP) is 4.60. The molecule has 0 aliphatic heterocycles. The number of nitrogens with zero attached hydrogens (tertiary/aromatic N) is 5. The zero-order chi connectivity index (χ0) is 21.4. The highest BCUT2D eigenvalue weighted by molar-refractivity contribution is 5.82. The molecular weight excluding hydrogens is 390 g/mol. The first-order valence-corrected chi connectivity index (χ1v) is 10.4. The summed E-state index contributed by atoms with van der Waals surface area (Å²) in [5.74, 6) is 2.15.